The Labute approximate surface area is 232 Å². The summed E-state index contributed by atoms with van der Waals surface area (Å²) in [4.78, 5) is 39.4. The normalized spacial score (nSPS) is 17.3. The van der Waals surface area contributed by atoms with Crippen LogP contribution in [0.1, 0.15) is 28.8 Å². The quantitative estimate of drug-likeness (QED) is 0.172. The lowest BCUT2D eigenvalue weighted by molar-refractivity contribution is -0.143. The third-order valence-electron chi connectivity index (χ3n) is 6.34. The number of benzene rings is 2. The van der Waals surface area contributed by atoms with E-state index in [2.05, 4.69) is 10.6 Å². The summed E-state index contributed by atoms with van der Waals surface area (Å²) >= 11 is 6.10. The van der Waals surface area contributed by atoms with E-state index in [1.165, 1.54) is 19.2 Å². The van der Waals surface area contributed by atoms with Crippen LogP contribution in [0.2, 0.25) is 5.02 Å². The number of nitrogens with one attached hydrogen (secondary N) is 2. The van der Waals surface area contributed by atoms with Crippen molar-refractivity contribution in [2.45, 2.75) is 31.4 Å². The molecule has 3 rings (SSSR count). The number of anilines is 2. The first-order valence-electron chi connectivity index (χ1n) is 12.6. The third kappa shape index (κ3) is 8.82. The molecule has 12 heteroatoms. The number of aliphatic hydroxyl groups is 1. The zero-order valence-electron chi connectivity index (χ0n) is 22.1. The largest absolute Gasteiger partial charge is 0.496 e. The fraction of sp³-hybridized carbons (Fsp3) is 0.444. The van der Waals surface area contributed by atoms with Crippen molar-refractivity contribution in [3.63, 3.8) is 0 Å². The molecular weight excluding hydrogens is 528 g/mol. The van der Waals surface area contributed by atoms with Crippen molar-refractivity contribution in [1.29, 1.82) is 0 Å². The van der Waals surface area contributed by atoms with Crippen molar-refractivity contribution >= 4 is 40.8 Å². The second-order valence-electron chi connectivity index (χ2n) is 9.17. The Bertz CT molecular complexity index is 1150. The molecule has 0 saturated carbocycles. The number of rotatable bonds is 12. The number of carbonyl (C=O) groups is 3. The molecule has 1 aliphatic heterocycles. The van der Waals surface area contributed by atoms with Crippen LogP contribution >= 0.6 is 11.6 Å². The van der Waals surface area contributed by atoms with Crippen LogP contribution in [0.25, 0.3) is 0 Å². The van der Waals surface area contributed by atoms with E-state index in [0.29, 0.717) is 43.1 Å². The molecule has 0 radical (unpaired) electrons. The maximum absolute atomic E-state index is 13.0. The van der Waals surface area contributed by atoms with Gasteiger partial charge in [0.05, 0.1) is 55.1 Å². The van der Waals surface area contributed by atoms with Gasteiger partial charge in [0.1, 0.15) is 5.75 Å². The highest BCUT2D eigenvalue weighted by molar-refractivity contribution is 6.33. The van der Waals surface area contributed by atoms with Gasteiger partial charge in [-0.25, -0.2) is 0 Å². The number of nitrogens with zero attached hydrogens (tertiary/aromatic N) is 1. The molecule has 0 aliphatic carbocycles. The van der Waals surface area contributed by atoms with Crippen molar-refractivity contribution in [1.82, 2.24) is 10.2 Å². The number of aliphatic hydroxyl groups excluding tert-OH is 1. The Balaban J connectivity index is 1.49. The summed E-state index contributed by atoms with van der Waals surface area (Å²) in [6.07, 6.45) is 0.762. The highest BCUT2D eigenvalue weighted by Gasteiger charge is 2.32. The topological polar surface area (TPSA) is 152 Å². The second-order valence-corrected chi connectivity index (χ2v) is 9.58. The fourth-order valence-corrected chi connectivity index (χ4v) is 4.43. The minimum atomic E-state index is -0.371. The van der Waals surface area contributed by atoms with Gasteiger partial charge < -0.3 is 35.7 Å². The molecule has 0 spiro atoms. The maximum atomic E-state index is 13.0. The number of esters is 1. The Morgan fingerprint density at radius 1 is 1.18 bits per heavy atom. The summed E-state index contributed by atoms with van der Waals surface area (Å²) in [6.45, 7) is 1.34. The molecule has 0 bridgehead atoms. The van der Waals surface area contributed by atoms with Crippen molar-refractivity contribution in [2.75, 3.05) is 58.1 Å². The summed E-state index contributed by atoms with van der Waals surface area (Å²) in [7, 11) is 3.02. The molecule has 1 aliphatic rings. The zero-order chi connectivity index (χ0) is 28.4. The van der Waals surface area contributed by atoms with E-state index in [1.54, 1.807) is 31.4 Å². The Morgan fingerprint density at radius 3 is 2.59 bits per heavy atom. The van der Waals surface area contributed by atoms with E-state index in [1.807, 2.05) is 4.90 Å². The first-order chi connectivity index (χ1) is 18.7. The van der Waals surface area contributed by atoms with Crippen molar-refractivity contribution < 1.29 is 33.7 Å². The van der Waals surface area contributed by atoms with Gasteiger partial charge in [0, 0.05) is 45.0 Å². The van der Waals surface area contributed by atoms with E-state index >= 15 is 0 Å². The SMILES string of the molecule is COc1cc(N)c(Cl)cc1C(=O)NC1CCN(CC(=O)Nc2ccc(CC(=O)OCCCO)cc2)CC1OC. The van der Waals surface area contributed by atoms with Crippen LogP contribution in [-0.4, -0.2) is 87.0 Å². The third-order valence-corrected chi connectivity index (χ3v) is 6.67. The standard InChI is InChI=1S/C27H35ClN4O7/c1-37-23-14-21(29)20(28)13-19(23)27(36)31-22-8-9-32(15-24(22)38-2)16-25(34)30-18-6-4-17(5-7-18)12-26(35)39-11-3-10-33/h4-7,13-14,22,24,33H,3,8-12,15-16,29H2,1-2H3,(H,30,34)(H,31,36). The number of halogens is 1. The molecule has 2 aromatic rings. The molecule has 1 heterocycles. The molecule has 1 fully saturated rings. The monoisotopic (exact) mass is 562 g/mol. The van der Waals surface area contributed by atoms with Crippen molar-refractivity contribution in [2.24, 2.45) is 0 Å². The lowest BCUT2D eigenvalue weighted by Crippen LogP contribution is -2.55. The minimum Gasteiger partial charge on any atom is -0.496 e. The van der Waals surface area contributed by atoms with Crippen molar-refractivity contribution in [3.05, 3.63) is 52.5 Å². The summed E-state index contributed by atoms with van der Waals surface area (Å²) in [5.41, 5.74) is 7.77. The van der Waals surface area contributed by atoms with Crippen LogP contribution in [0.5, 0.6) is 5.75 Å². The van der Waals surface area contributed by atoms with Crippen LogP contribution < -0.4 is 21.1 Å². The maximum Gasteiger partial charge on any atom is 0.310 e. The number of likely N-dealkylation sites (tertiary alicyclic amines) is 1. The van der Waals surface area contributed by atoms with Gasteiger partial charge in [0.25, 0.3) is 5.91 Å². The number of hydrogen-bond donors (Lipinski definition) is 4. The van der Waals surface area contributed by atoms with E-state index < -0.39 is 0 Å². The molecule has 2 unspecified atom stereocenters. The molecule has 2 amide bonds. The van der Waals surface area contributed by atoms with Crippen LogP contribution in [0.4, 0.5) is 11.4 Å². The number of nitrogens with two attached hydrogens (primary N) is 1. The van der Waals surface area contributed by atoms with Crippen LogP contribution in [-0.2, 0) is 25.5 Å². The lowest BCUT2D eigenvalue weighted by atomic mass is 10.0. The molecule has 11 nitrogen and oxygen atoms in total. The predicted octanol–water partition coefficient (Wildman–Crippen LogP) is 1.86. The first-order valence-corrected chi connectivity index (χ1v) is 13.0. The lowest BCUT2D eigenvalue weighted by Gasteiger charge is -2.37. The average Bonchev–Trinajstić information content (AvgIpc) is 2.91. The van der Waals surface area contributed by atoms with E-state index in [4.69, 9.17) is 36.7 Å². The minimum absolute atomic E-state index is 0.0295. The molecule has 5 N–H and O–H groups in total. The summed E-state index contributed by atoms with van der Waals surface area (Å²) in [6, 6.07) is 9.67. The molecule has 39 heavy (non-hydrogen) atoms. The Morgan fingerprint density at radius 2 is 1.92 bits per heavy atom. The van der Waals surface area contributed by atoms with Gasteiger partial charge in [-0.2, -0.15) is 0 Å². The summed E-state index contributed by atoms with van der Waals surface area (Å²) < 4.78 is 15.9. The van der Waals surface area contributed by atoms with Gasteiger partial charge >= 0.3 is 5.97 Å². The number of amides is 2. The highest BCUT2D eigenvalue weighted by Crippen LogP contribution is 2.29. The number of piperidine rings is 1. The average molecular weight is 563 g/mol. The number of hydrogen-bond acceptors (Lipinski definition) is 9. The Kier molecular flexibility index (Phi) is 11.4. The molecule has 0 aromatic heterocycles. The molecular formula is C27H35ClN4O7. The van der Waals surface area contributed by atoms with Gasteiger partial charge in [-0.1, -0.05) is 23.7 Å². The smallest absolute Gasteiger partial charge is 0.310 e. The summed E-state index contributed by atoms with van der Waals surface area (Å²) in [5.74, 6) is -0.592. The number of methoxy groups -OCH3 is 2. The molecule has 2 atom stereocenters. The van der Waals surface area contributed by atoms with Crippen LogP contribution in [0.3, 0.4) is 0 Å². The Hall–Kier alpha value is -3.38. The first kappa shape index (κ1) is 30.2. The molecule has 1 saturated heterocycles. The van der Waals surface area contributed by atoms with E-state index in [9.17, 15) is 14.4 Å². The van der Waals surface area contributed by atoms with Gasteiger partial charge in [-0.15, -0.1) is 0 Å². The number of ether oxygens (including phenoxy) is 3. The van der Waals surface area contributed by atoms with Gasteiger partial charge in [-0.3, -0.25) is 19.3 Å². The highest BCUT2D eigenvalue weighted by atomic mass is 35.5. The second kappa shape index (κ2) is 14.7. The number of carbonyl (C=O) groups excluding carboxylic acids is 3. The zero-order valence-corrected chi connectivity index (χ0v) is 22.8. The van der Waals surface area contributed by atoms with Gasteiger partial charge in [-0.05, 0) is 30.2 Å². The van der Waals surface area contributed by atoms with Crippen LogP contribution in [0, 0.1) is 0 Å². The van der Waals surface area contributed by atoms with Gasteiger partial charge in [0.15, 0.2) is 0 Å². The fourth-order valence-electron chi connectivity index (χ4n) is 4.27. The molecule has 2 aromatic carbocycles. The van der Waals surface area contributed by atoms with Gasteiger partial charge in [0.2, 0.25) is 5.91 Å². The van der Waals surface area contributed by atoms with Crippen LogP contribution in [0.15, 0.2) is 36.4 Å². The van der Waals surface area contributed by atoms with E-state index in [-0.39, 0.29) is 66.7 Å². The summed E-state index contributed by atoms with van der Waals surface area (Å²) in [5, 5.41) is 14.9. The predicted molar refractivity (Wildman–Crippen MR) is 147 cm³/mol. The number of nitrogen functional groups attached to an aromatic ring is 1. The van der Waals surface area contributed by atoms with E-state index in [0.717, 1.165) is 5.56 Å². The molecule has 212 valence electrons. The van der Waals surface area contributed by atoms with Crippen molar-refractivity contribution in [3.8, 4) is 5.75 Å².